The van der Waals surface area contributed by atoms with E-state index >= 15 is 0 Å². The standard InChI is InChI=1S/C22H26O4S/c1-14-7-8-15(2)19(10-14)20(23)6-5-9-27-18-11-16(3)22(17(4)12-18)26-13-21(24)25/h7-8,10-12H,5-6,9,13H2,1-4H3,(H,24,25). The number of hydrogen-bond donors (Lipinski definition) is 1. The van der Waals surface area contributed by atoms with Gasteiger partial charge in [-0.2, -0.15) is 0 Å². The predicted octanol–water partition coefficient (Wildman–Crippen LogP) is 5.14. The normalized spacial score (nSPS) is 10.7. The summed E-state index contributed by atoms with van der Waals surface area (Å²) in [4.78, 5) is 24.2. The molecule has 0 aliphatic carbocycles. The molecule has 0 bridgehead atoms. The minimum atomic E-state index is -0.985. The highest BCUT2D eigenvalue weighted by Crippen LogP contribution is 2.30. The van der Waals surface area contributed by atoms with Crippen LogP contribution in [0.1, 0.15) is 45.5 Å². The summed E-state index contributed by atoms with van der Waals surface area (Å²) in [6.07, 6.45) is 1.35. The molecular formula is C22H26O4S. The van der Waals surface area contributed by atoms with Crippen molar-refractivity contribution in [1.29, 1.82) is 0 Å². The van der Waals surface area contributed by atoms with E-state index in [0.717, 1.165) is 44.9 Å². The first-order valence-corrected chi connectivity index (χ1v) is 9.95. The van der Waals surface area contributed by atoms with Crippen molar-refractivity contribution < 1.29 is 19.4 Å². The van der Waals surface area contributed by atoms with E-state index in [2.05, 4.69) is 0 Å². The third kappa shape index (κ3) is 6.14. The van der Waals surface area contributed by atoms with Gasteiger partial charge >= 0.3 is 5.97 Å². The maximum atomic E-state index is 12.4. The molecule has 0 heterocycles. The Morgan fingerprint density at radius 3 is 2.30 bits per heavy atom. The average molecular weight is 387 g/mol. The van der Waals surface area contributed by atoms with Crippen molar-refractivity contribution in [2.45, 2.75) is 45.4 Å². The number of rotatable bonds is 9. The van der Waals surface area contributed by atoms with Crippen LogP contribution in [0.5, 0.6) is 5.75 Å². The van der Waals surface area contributed by atoms with Crippen molar-refractivity contribution in [3.05, 3.63) is 58.1 Å². The van der Waals surface area contributed by atoms with Gasteiger partial charge in [0, 0.05) is 16.9 Å². The molecule has 0 aliphatic rings. The van der Waals surface area contributed by atoms with E-state index in [-0.39, 0.29) is 12.4 Å². The molecule has 1 N–H and O–H groups in total. The maximum absolute atomic E-state index is 12.4. The first-order chi connectivity index (χ1) is 12.8. The number of carboxylic acids is 1. The lowest BCUT2D eigenvalue weighted by atomic mass is 10.00. The SMILES string of the molecule is Cc1ccc(C)c(C(=O)CCCSc2cc(C)c(OCC(=O)O)c(C)c2)c1. The van der Waals surface area contributed by atoms with Crippen molar-refractivity contribution >= 4 is 23.5 Å². The van der Waals surface area contributed by atoms with Crippen LogP contribution in [-0.4, -0.2) is 29.2 Å². The Hall–Kier alpha value is -2.27. The molecule has 4 nitrogen and oxygen atoms in total. The van der Waals surface area contributed by atoms with Crippen LogP contribution in [0.15, 0.2) is 35.2 Å². The number of carboxylic acid groups (broad SMARTS) is 1. The highest BCUT2D eigenvalue weighted by atomic mass is 32.2. The van der Waals surface area contributed by atoms with Crippen molar-refractivity contribution in [2.75, 3.05) is 12.4 Å². The summed E-state index contributed by atoms with van der Waals surface area (Å²) in [6, 6.07) is 9.99. The molecule has 0 atom stereocenters. The quantitative estimate of drug-likeness (QED) is 0.367. The van der Waals surface area contributed by atoms with Crippen LogP contribution in [-0.2, 0) is 4.79 Å². The molecule has 0 aliphatic heterocycles. The van der Waals surface area contributed by atoms with Crippen molar-refractivity contribution in [3.8, 4) is 5.75 Å². The topological polar surface area (TPSA) is 63.6 Å². The third-order valence-electron chi connectivity index (χ3n) is 4.28. The van der Waals surface area contributed by atoms with E-state index in [1.54, 1.807) is 11.8 Å². The highest BCUT2D eigenvalue weighted by molar-refractivity contribution is 7.99. The van der Waals surface area contributed by atoms with Crippen molar-refractivity contribution in [1.82, 2.24) is 0 Å². The molecule has 0 unspecified atom stereocenters. The van der Waals surface area contributed by atoms with Gasteiger partial charge < -0.3 is 9.84 Å². The Morgan fingerprint density at radius 2 is 1.67 bits per heavy atom. The van der Waals surface area contributed by atoms with E-state index in [1.807, 2.05) is 58.0 Å². The first kappa shape index (κ1) is 21.0. The molecule has 5 heteroatoms. The Balaban J connectivity index is 1.89. The van der Waals surface area contributed by atoms with E-state index < -0.39 is 5.97 Å². The molecule has 0 amide bonds. The summed E-state index contributed by atoms with van der Waals surface area (Å²) in [7, 11) is 0. The van der Waals surface area contributed by atoms with Crippen LogP contribution in [0.2, 0.25) is 0 Å². The number of carbonyl (C=O) groups is 2. The number of ether oxygens (including phenoxy) is 1. The van der Waals surface area contributed by atoms with E-state index in [1.165, 1.54) is 0 Å². The molecule has 0 saturated heterocycles. The Morgan fingerprint density at radius 1 is 1.00 bits per heavy atom. The summed E-state index contributed by atoms with van der Waals surface area (Å²) in [5.41, 5.74) is 4.80. The Labute approximate surface area is 164 Å². The number of carbonyl (C=O) groups excluding carboxylic acids is 1. The fraction of sp³-hybridized carbons (Fsp3) is 0.364. The van der Waals surface area contributed by atoms with Gasteiger partial charge in [0.1, 0.15) is 5.75 Å². The molecule has 0 fully saturated rings. The number of aryl methyl sites for hydroxylation is 4. The number of thioether (sulfide) groups is 1. The van der Waals surface area contributed by atoms with Gasteiger partial charge in [0.05, 0.1) is 0 Å². The van der Waals surface area contributed by atoms with Gasteiger partial charge in [0.15, 0.2) is 12.4 Å². The highest BCUT2D eigenvalue weighted by Gasteiger charge is 2.11. The van der Waals surface area contributed by atoms with E-state index in [0.29, 0.717) is 12.2 Å². The molecule has 2 aromatic carbocycles. The van der Waals surface area contributed by atoms with Gasteiger partial charge in [-0.25, -0.2) is 4.79 Å². The molecule has 144 valence electrons. The van der Waals surface area contributed by atoms with Gasteiger partial charge in [0.2, 0.25) is 0 Å². The molecule has 0 radical (unpaired) electrons. The first-order valence-electron chi connectivity index (χ1n) is 8.97. The number of ketones is 1. The minimum Gasteiger partial charge on any atom is -0.481 e. The zero-order valence-electron chi connectivity index (χ0n) is 16.3. The van der Waals surface area contributed by atoms with Gasteiger partial charge in [-0.05, 0) is 74.8 Å². The number of hydrogen-bond acceptors (Lipinski definition) is 4. The lowest BCUT2D eigenvalue weighted by Crippen LogP contribution is -2.10. The van der Waals surface area contributed by atoms with Gasteiger partial charge in [-0.15, -0.1) is 11.8 Å². The molecule has 0 spiro atoms. The molecular weight excluding hydrogens is 360 g/mol. The van der Waals surface area contributed by atoms with Crippen LogP contribution < -0.4 is 4.74 Å². The summed E-state index contributed by atoms with van der Waals surface area (Å²) in [5, 5.41) is 8.76. The van der Waals surface area contributed by atoms with Crippen LogP contribution in [0.4, 0.5) is 0 Å². The van der Waals surface area contributed by atoms with Gasteiger partial charge in [0.25, 0.3) is 0 Å². The van der Waals surface area contributed by atoms with Gasteiger partial charge in [-0.1, -0.05) is 17.7 Å². The maximum Gasteiger partial charge on any atom is 0.341 e. The van der Waals surface area contributed by atoms with Crippen molar-refractivity contribution in [3.63, 3.8) is 0 Å². The molecule has 2 aromatic rings. The lowest BCUT2D eigenvalue weighted by molar-refractivity contribution is -0.139. The third-order valence-corrected chi connectivity index (χ3v) is 5.35. The van der Waals surface area contributed by atoms with Crippen molar-refractivity contribution in [2.24, 2.45) is 0 Å². The summed E-state index contributed by atoms with van der Waals surface area (Å²) in [6.45, 7) is 7.47. The zero-order valence-corrected chi connectivity index (χ0v) is 17.1. The second-order valence-corrected chi connectivity index (χ2v) is 7.93. The fourth-order valence-electron chi connectivity index (χ4n) is 2.95. The molecule has 27 heavy (non-hydrogen) atoms. The number of Topliss-reactive ketones (excluding diaryl/α,β-unsaturated/α-hetero) is 1. The van der Waals surface area contributed by atoms with Crippen LogP contribution in [0, 0.1) is 27.7 Å². The summed E-state index contributed by atoms with van der Waals surface area (Å²) in [5.74, 6) is 0.694. The predicted molar refractivity (Wildman–Crippen MR) is 109 cm³/mol. The summed E-state index contributed by atoms with van der Waals surface area (Å²) < 4.78 is 5.36. The van der Waals surface area contributed by atoms with Crippen LogP contribution in [0.25, 0.3) is 0 Å². The van der Waals surface area contributed by atoms with Crippen LogP contribution >= 0.6 is 11.8 Å². The Bertz CT molecular complexity index is 819. The smallest absolute Gasteiger partial charge is 0.341 e. The monoisotopic (exact) mass is 386 g/mol. The lowest BCUT2D eigenvalue weighted by Gasteiger charge is -2.12. The summed E-state index contributed by atoms with van der Waals surface area (Å²) >= 11 is 1.70. The second-order valence-electron chi connectivity index (χ2n) is 6.76. The largest absolute Gasteiger partial charge is 0.481 e. The molecule has 0 aromatic heterocycles. The number of aliphatic carboxylic acids is 1. The fourth-order valence-corrected chi connectivity index (χ4v) is 3.99. The second kappa shape index (κ2) is 9.60. The minimum absolute atomic E-state index is 0.196. The van der Waals surface area contributed by atoms with E-state index in [9.17, 15) is 9.59 Å². The zero-order chi connectivity index (χ0) is 20.0. The van der Waals surface area contributed by atoms with Gasteiger partial charge in [-0.3, -0.25) is 4.79 Å². The van der Waals surface area contributed by atoms with Crippen LogP contribution in [0.3, 0.4) is 0 Å². The van der Waals surface area contributed by atoms with E-state index in [4.69, 9.17) is 9.84 Å². The Kier molecular flexibility index (Phi) is 7.48. The average Bonchev–Trinajstić information content (AvgIpc) is 2.59. The molecule has 0 saturated carbocycles. The molecule has 2 rings (SSSR count). The number of benzene rings is 2.